The van der Waals surface area contributed by atoms with Gasteiger partial charge in [-0.2, -0.15) is 0 Å². The van der Waals surface area contributed by atoms with E-state index in [0.717, 1.165) is 103 Å². The Balaban J connectivity index is 1.45. The van der Waals surface area contributed by atoms with Gasteiger partial charge < -0.3 is 35.2 Å². The number of rotatable bonds is 10. The first-order valence-corrected chi connectivity index (χ1v) is 11.5. The van der Waals surface area contributed by atoms with Crippen LogP contribution >= 0.6 is 0 Å². The normalized spacial score (nSPS) is 27.3. The second-order valence-electron chi connectivity index (χ2n) is 9.41. The molecule has 7 nitrogen and oxygen atoms in total. The van der Waals surface area contributed by atoms with E-state index in [2.05, 4.69) is 6.92 Å². The van der Waals surface area contributed by atoms with Gasteiger partial charge in [0.25, 0.3) is 0 Å². The largest absolute Gasteiger partial charge is 0.456 e. The average molecular weight is 439 g/mol. The van der Waals surface area contributed by atoms with Crippen molar-refractivity contribution in [2.45, 2.75) is 57.0 Å². The molecule has 2 aromatic carbocycles. The van der Waals surface area contributed by atoms with Gasteiger partial charge in [-0.1, -0.05) is 0 Å². The van der Waals surface area contributed by atoms with Crippen LogP contribution in [0.3, 0.4) is 0 Å². The minimum absolute atomic E-state index is 0.217. The Labute approximate surface area is 187 Å². The summed E-state index contributed by atoms with van der Waals surface area (Å²) in [5, 5.41) is 0. The van der Waals surface area contributed by atoms with Crippen molar-refractivity contribution >= 4 is 11.4 Å². The lowest BCUT2D eigenvalue weighted by Crippen LogP contribution is -2.14. The molecule has 4 aliphatic heterocycles. The Kier molecular flexibility index (Phi) is 5.02. The van der Waals surface area contributed by atoms with Gasteiger partial charge in [0, 0.05) is 48.2 Å². The Bertz CT molecular complexity index is 1040. The van der Waals surface area contributed by atoms with Crippen LogP contribution in [-0.4, -0.2) is 50.8 Å². The summed E-state index contributed by atoms with van der Waals surface area (Å²) < 4.78 is 29.0. The van der Waals surface area contributed by atoms with E-state index in [9.17, 15) is 0 Å². The van der Waals surface area contributed by atoms with Gasteiger partial charge in [0.05, 0.1) is 50.8 Å². The van der Waals surface area contributed by atoms with E-state index in [4.69, 9.17) is 35.2 Å². The van der Waals surface area contributed by atoms with Gasteiger partial charge in [-0.3, -0.25) is 0 Å². The van der Waals surface area contributed by atoms with Crippen molar-refractivity contribution in [1.29, 1.82) is 0 Å². The number of anilines is 2. The second-order valence-corrected chi connectivity index (χ2v) is 9.41. The molecule has 0 aromatic heterocycles. The summed E-state index contributed by atoms with van der Waals surface area (Å²) in [6.07, 6.45) is 4.10. The summed E-state index contributed by atoms with van der Waals surface area (Å²) in [7, 11) is 0. The van der Waals surface area contributed by atoms with Gasteiger partial charge in [0.15, 0.2) is 0 Å². The number of epoxide rings is 4. The first kappa shape index (κ1) is 20.3. The molecule has 4 N–H and O–H groups in total. The van der Waals surface area contributed by atoms with Crippen LogP contribution in [0.25, 0.3) is 0 Å². The van der Waals surface area contributed by atoms with Gasteiger partial charge >= 0.3 is 0 Å². The molecule has 2 aromatic rings. The molecule has 0 spiro atoms. The summed E-state index contributed by atoms with van der Waals surface area (Å²) in [5.74, 6) is 1.73. The molecule has 32 heavy (non-hydrogen) atoms. The van der Waals surface area contributed by atoms with Crippen molar-refractivity contribution in [3.05, 3.63) is 46.0 Å². The van der Waals surface area contributed by atoms with Crippen molar-refractivity contribution < 1.29 is 23.7 Å². The van der Waals surface area contributed by atoms with Crippen molar-refractivity contribution in [2.75, 3.05) is 37.9 Å². The lowest BCUT2D eigenvalue weighted by molar-refractivity contribution is 0.390. The predicted octanol–water partition coefficient (Wildman–Crippen LogP) is 2.72. The van der Waals surface area contributed by atoms with Gasteiger partial charge in [-0.15, -0.1) is 0 Å². The third kappa shape index (κ3) is 4.43. The van der Waals surface area contributed by atoms with E-state index in [-0.39, 0.29) is 24.4 Å². The van der Waals surface area contributed by atoms with E-state index in [1.807, 2.05) is 18.2 Å². The van der Waals surface area contributed by atoms with Crippen LogP contribution in [0.15, 0.2) is 18.2 Å². The van der Waals surface area contributed by atoms with Gasteiger partial charge in [-0.05, 0) is 41.8 Å². The van der Waals surface area contributed by atoms with E-state index < -0.39 is 0 Å². The van der Waals surface area contributed by atoms with E-state index in [0.29, 0.717) is 0 Å². The molecule has 0 amide bonds. The Morgan fingerprint density at radius 2 is 1.31 bits per heavy atom. The second kappa shape index (κ2) is 7.92. The quantitative estimate of drug-likeness (QED) is 0.433. The first-order valence-electron chi connectivity index (χ1n) is 11.5. The fraction of sp³-hybridized carbons (Fsp3) is 0.520. The maximum Gasteiger partial charge on any atom is 0.134 e. The smallest absolute Gasteiger partial charge is 0.134 e. The standard InChI is InChI=1S/C25H30N2O5/c1-13-20(6-17-10-29-17)25(32-23-3-2-15(26)4-14(23)5-16-9-28-16)22(8-19-12-31-19)21(24(13)27)7-18-11-30-18/h2-4,16-19H,5-12,26-27H2,1H3. The summed E-state index contributed by atoms with van der Waals surface area (Å²) >= 11 is 0. The highest BCUT2D eigenvalue weighted by atomic mass is 16.6. The van der Waals surface area contributed by atoms with Crippen molar-refractivity contribution in [2.24, 2.45) is 0 Å². The molecule has 4 heterocycles. The van der Waals surface area contributed by atoms with Crippen LogP contribution in [-0.2, 0) is 44.6 Å². The topological polar surface area (TPSA) is 111 Å². The minimum Gasteiger partial charge on any atom is -0.456 e. The molecule has 170 valence electrons. The van der Waals surface area contributed by atoms with Crippen LogP contribution in [0, 0.1) is 6.92 Å². The summed E-state index contributed by atoms with van der Waals surface area (Å²) in [4.78, 5) is 0. The first-order chi connectivity index (χ1) is 15.5. The van der Waals surface area contributed by atoms with Gasteiger partial charge in [0.2, 0.25) is 0 Å². The Morgan fingerprint density at radius 1 is 0.781 bits per heavy atom. The number of nitrogens with two attached hydrogens (primary N) is 2. The summed E-state index contributed by atoms with van der Waals surface area (Å²) in [6.45, 7) is 5.23. The van der Waals surface area contributed by atoms with Crippen molar-refractivity contribution in [3.8, 4) is 11.5 Å². The third-order valence-corrected chi connectivity index (χ3v) is 6.74. The molecule has 7 heteroatoms. The van der Waals surface area contributed by atoms with Crippen molar-refractivity contribution in [1.82, 2.24) is 0 Å². The SMILES string of the molecule is Cc1c(N)c(CC2CO2)c(CC2CO2)c(Oc2ccc(N)cc2CC2CO2)c1CC1CO1. The molecule has 6 rings (SSSR count). The van der Waals surface area contributed by atoms with E-state index in [1.165, 1.54) is 0 Å². The average Bonchev–Trinajstić information content (AvgIpc) is 3.61. The maximum absolute atomic E-state index is 6.77. The maximum atomic E-state index is 6.77. The Hall–Kier alpha value is -2.32. The molecule has 4 unspecified atom stereocenters. The zero-order valence-electron chi connectivity index (χ0n) is 18.4. The summed E-state index contributed by atoms with van der Waals surface area (Å²) in [5.41, 5.74) is 19.9. The van der Waals surface area contributed by atoms with E-state index >= 15 is 0 Å². The summed E-state index contributed by atoms with van der Waals surface area (Å²) in [6, 6.07) is 5.85. The fourth-order valence-corrected chi connectivity index (χ4v) is 4.50. The number of nitrogen functional groups attached to an aromatic ring is 2. The van der Waals surface area contributed by atoms with Crippen molar-refractivity contribution in [3.63, 3.8) is 0 Å². The number of hydrogen-bond donors (Lipinski definition) is 2. The van der Waals surface area contributed by atoms with Crippen LogP contribution in [0.5, 0.6) is 11.5 Å². The van der Waals surface area contributed by atoms with Crippen LogP contribution in [0.1, 0.15) is 27.8 Å². The van der Waals surface area contributed by atoms with Crippen LogP contribution in [0.4, 0.5) is 11.4 Å². The molecule has 0 saturated carbocycles. The molecule has 4 saturated heterocycles. The number of hydrogen-bond acceptors (Lipinski definition) is 7. The van der Waals surface area contributed by atoms with Crippen LogP contribution in [0.2, 0.25) is 0 Å². The van der Waals surface area contributed by atoms with E-state index in [1.54, 1.807) is 0 Å². The van der Waals surface area contributed by atoms with Crippen LogP contribution < -0.4 is 16.2 Å². The van der Waals surface area contributed by atoms with Gasteiger partial charge in [-0.25, -0.2) is 0 Å². The Morgan fingerprint density at radius 3 is 1.91 bits per heavy atom. The molecule has 0 radical (unpaired) electrons. The third-order valence-electron chi connectivity index (χ3n) is 6.74. The molecule has 4 atom stereocenters. The molecular weight excluding hydrogens is 408 g/mol. The lowest BCUT2D eigenvalue weighted by Gasteiger charge is -2.24. The highest BCUT2D eigenvalue weighted by molar-refractivity contribution is 5.67. The highest BCUT2D eigenvalue weighted by Gasteiger charge is 2.35. The number of benzene rings is 2. The molecular formula is C25H30N2O5. The molecule has 0 aliphatic carbocycles. The minimum atomic E-state index is 0.217. The molecule has 4 aliphatic rings. The highest BCUT2D eigenvalue weighted by Crippen LogP contribution is 2.44. The molecule has 0 bridgehead atoms. The molecule has 4 fully saturated rings. The number of ether oxygens (including phenoxy) is 5. The zero-order chi connectivity index (χ0) is 21.8. The fourth-order valence-electron chi connectivity index (χ4n) is 4.50. The predicted molar refractivity (Wildman–Crippen MR) is 120 cm³/mol. The monoisotopic (exact) mass is 438 g/mol. The zero-order valence-corrected chi connectivity index (χ0v) is 18.4. The lowest BCUT2D eigenvalue weighted by atomic mass is 9.88. The van der Waals surface area contributed by atoms with Gasteiger partial charge in [0.1, 0.15) is 11.5 Å².